The fourth-order valence-corrected chi connectivity index (χ4v) is 3.05. The summed E-state index contributed by atoms with van der Waals surface area (Å²) in [5, 5.41) is 0. The molecule has 0 bridgehead atoms. The number of sulfone groups is 1. The first-order valence-corrected chi connectivity index (χ1v) is 9.21. The zero-order valence-electron chi connectivity index (χ0n) is 12.0. The zero-order valence-corrected chi connectivity index (χ0v) is 13.6. The summed E-state index contributed by atoms with van der Waals surface area (Å²) in [6.07, 6.45) is 6.39. The van der Waals surface area contributed by atoms with Crippen LogP contribution in [0.2, 0.25) is 0 Å². The summed E-state index contributed by atoms with van der Waals surface area (Å²) in [7, 11) is -3.44. The van der Waals surface area contributed by atoms with Gasteiger partial charge in [0.2, 0.25) is 5.91 Å². The van der Waals surface area contributed by atoms with Gasteiger partial charge in [-0.2, -0.15) is 0 Å². The summed E-state index contributed by atoms with van der Waals surface area (Å²) >= 11 is 5.78. The van der Waals surface area contributed by atoms with E-state index in [1.54, 1.807) is 4.90 Å². The van der Waals surface area contributed by atoms with Crippen molar-refractivity contribution in [3.05, 3.63) is 0 Å². The molecule has 1 aliphatic carbocycles. The fourth-order valence-electron chi connectivity index (χ4n) is 2.44. The van der Waals surface area contributed by atoms with Crippen LogP contribution in [0.15, 0.2) is 0 Å². The van der Waals surface area contributed by atoms with Gasteiger partial charge in [-0.05, 0) is 26.7 Å². The van der Waals surface area contributed by atoms with E-state index in [1.165, 1.54) is 20.3 Å². The van der Waals surface area contributed by atoms with Gasteiger partial charge in [-0.1, -0.05) is 19.3 Å². The zero-order chi connectivity index (χ0) is 14.7. The van der Waals surface area contributed by atoms with Gasteiger partial charge in [-0.25, -0.2) is 8.42 Å². The Kier molecular flexibility index (Phi) is 5.68. The quantitative estimate of drug-likeness (QED) is 0.732. The largest absolute Gasteiger partial charge is 0.337 e. The second-order valence-electron chi connectivity index (χ2n) is 5.76. The molecule has 0 unspecified atom stereocenters. The molecule has 0 aromatic carbocycles. The van der Waals surface area contributed by atoms with Crippen molar-refractivity contribution in [3.8, 4) is 0 Å². The first-order chi connectivity index (χ1) is 8.71. The Morgan fingerprint density at radius 3 is 2.21 bits per heavy atom. The van der Waals surface area contributed by atoms with Gasteiger partial charge in [0, 0.05) is 24.7 Å². The molecule has 0 spiro atoms. The predicted molar refractivity (Wildman–Crippen MR) is 78.2 cm³/mol. The molecule has 1 fully saturated rings. The molecule has 6 heteroatoms. The smallest absolute Gasteiger partial charge is 0.243 e. The second kappa shape index (κ2) is 6.44. The normalized spacial score (nSPS) is 18.3. The van der Waals surface area contributed by atoms with Crippen LogP contribution in [0.1, 0.15) is 46.0 Å². The average Bonchev–Trinajstić information content (AvgIpc) is 2.34. The number of rotatable bonds is 5. The number of hydrogen-bond donors (Lipinski definition) is 0. The van der Waals surface area contributed by atoms with Crippen molar-refractivity contribution in [2.75, 3.05) is 18.7 Å². The van der Waals surface area contributed by atoms with Crippen LogP contribution in [0.4, 0.5) is 0 Å². The summed E-state index contributed by atoms with van der Waals surface area (Å²) in [6.45, 7) is 3.38. The van der Waals surface area contributed by atoms with Crippen LogP contribution in [0, 0.1) is 0 Å². The van der Waals surface area contributed by atoms with Crippen molar-refractivity contribution in [2.24, 2.45) is 0 Å². The molecule has 1 aliphatic rings. The lowest BCUT2D eigenvalue weighted by Gasteiger charge is -2.38. The van der Waals surface area contributed by atoms with E-state index in [-0.39, 0.29) is 11.9 Å². The Hall–Kier alpha value is -0.290. The van der Waals surface area contributed by atoms with E-state index in [4.69, 9.17) is 11.6 Å². The molecular weight excluding hydrogens is 286 g/mol. The van der Waals surface area contributed by atoms with E-state index < -0.39 is 14.6 Å². The summed E-state index contributed by atoms with van der Waals surface area (Å²) in [5.41, 5.74) is 0. The van der Waals surface area contributed by atoms with Crippen LogP contribution < -0.4 is 0 Å². The van der Waals surface area contributed by atoms with Crippen LogP contribution in [0.3, 0.4) is 0 Å². The van der Waals surface area contributed by atoms with Gasteiger partial charge < -0.3 is 4.90 Å². The Morgan fingerprint density at radius 2 is 1.79 bits per heavy atom. The van der Waals surface area contributed by atoms with E-state index >= 15 is 0 Å². The maximum atomic E-state index is 12.6. The van der Waals surface area contributed by atoms with Crippen molar-refractivity contribution in [1.29, 1.82) is 0 Å². The maximum absolute atomic E-state index is 12.6. The molecule has 0 atom stereocenters. The molecule has 0 aliphatic heterocycles. The highest BCUT2D eigenvalue weighted by Gasteiger charge is 2.43. The number of hydrogen-bond acceptors (Lipinski definition) is 3. The van der Waals surface area contributed by atoms with Crippen molar-refractivity contribution in [1.82, 2.24) is 4.90 Å². The van der Waals surface area contributed by atoms with E-state index in [0.717, 1.165) is 31.9 Å². The molecule has 0 aromatic rings. The predicted octanol–water partition coefficient (Wildman–Crippen LogP) is 2.21. The van der Waals surface area contributed by atoms with Crippen LogP contribution in [0.25, 0.3) is 0 Å². The van der Waals surface area contributed by atoms with Gasteiger partial charge >= 0.3 is 0 Å². The Morgan fingerprint density at radius 1 is 1.26 bits per heavy atom. The number of alkyl halides is 1. The first kappa shape index (κ1) is 16.8. The molecule has 0 heterocycles. The highest BCUT2D eigenvalue weighted by Crippen LogP contribution is 2.27. The summed E-state index contributed by atoms with van der Waals surface area (Å²) < 4.78 is 22.2. The molecule has 1 saturated carbocycles. The fraction of sp³-hybridized carbons (Fsp3) is 0.923. The van der Waals surface area contributed by atoms with Gasteiger partial charge in [0.15, 0.2) is 9.84 Å². The molecule has 112 valence electrons. The van der Waals surface area contributed by atoms with Gasteiger partial charge in [-0.3, -0.25) is 4.79 Å². The second-order valence-corrected chi connectivity index (χ2v) is 8.70. The van der Waals surface area contributed by atoms with E-state index in [1.807, 2.05) is 0 Å². The van der Waals surface area contributed by atoms with Crippen molar-refractivity contribution >= 4 is 27.3 Å². The lowest BCUT2D eigenvalue weighted by Crippen LogP contribution is -2.54. The first-order valence-electron chi connectivity index (χ1n) is 6.78. The molecule has 1 amide bonds. The minimum Gasteiger partial charge on any atom is -0.337 e. The molecule has 1 rings (SSSR count). The topological polar surface area (TPSA) is 54.5 Å². The molecule has 4 nitrogen and oxygen atoms in total. The molecule has 0 saturated heterocycles. The summed E-state index contributed by atoms with van der Waals surface area (Å²) in [5.74, 6) is 0.0183. The minimum absolute atomic E-state index is 0.140. The standard InChI is InChI=1S/C13H24ClNO3S/c1-13(2,19(3,17)18)12(16)15(10-9-14)11-7-5-4-6-8-11/h11H,4-10H2,1-3H3. The van der Waals surface area contributed by atoms with Crippen LogP contribution in [-0.2, 0) is 14.6 Å². The number of halogens is 1. The van der Waals surface area contributed by atoms with Crippen molar-refractivity contribution in [3.63, 3.8) is 0 Å². The minimum atomic E-state index is -3.44. The van der Waals surface area contributed by atoms with Crippen LogP contribution in [0.5, 0.6) is 0 Å². The molecule has 19 heavy (non-hydrogen) atoms. The Labute approximate surface area is 121 Å². The van der Waals surface area contributed by atoms with Gasteiger partial charge in [0.05, 0.1) is 0 Å². The molecule has 0 radical (unpaired) electrons. The van der Waals surface area contributed by atoms with E-state index in [9.17, 15) is 13.2 Å². The van der Waals surface area contributed by atoms with E-state index in [0.29, 0.717) is 12.4 Å². The van der Waals surface area contributed by atoms with E-state index in [2.05, 4.69) is 0 Å². The van der Waals surface area contributed by atoms with Gasteiger partial charge in [0.1, 0.15) is 4.75 Å². The molecular formula is C13H24ClNO3S. The maximum Gasteiger partial charge on any atom is 0.243 e. The summed E-state index contributed by atoms with van der Waals surface area (Å²) in [4.78, 5) is 14.3. The van der Waals surface area contributed by atoms with Crippen molar-refractivity contribution in [2.45, 2.75) is 56.7 Å². The monoisotopic (exact) mass is 309 g/mol. The van der Waals surface area contributed by atoms with Gasteiger partial charge in [0.25, 0.3) is 0 Å². The Bertz CT molecular complexity index is 414. The third-order valence-corrected chi connectivity index (χ3v) is 6.24. The third kappa shape index (κ3) is 3.85. The highest BCUT2D eigenvalue weighted by atomic mass is 35.5. The average molecular weight is 310 g/mol. The third-order valence-electron chi connectivity index (χ3n) is 4.04. The number of carbonyl (C=O) groups excluding carboxylic acids is 1. The molecule has 0 aromatic heterocycles. The molecule has 0 N–H and O–H groups in total. The number of nitrogens with zero attached hydrogens (tertiary/aromatic N) is 1. The Balaban J connectivity index is 2.95. The van der Waals surface area contributed by atoms with Gasteiger partial charge in [-0.15, -0.1) is 11.6 Å². The SMILES string of the molecule is CC(C)(C(=O)N(CCCl)C1CCCCC1)S(C)(=O)=O. The van der Waals surface area contributed by atoms with Crippen LogP contribution in [-0.4, -0.2) is 48.7 Å². The lowest BCUT2D eigenvalue weighted by molar-refractivity contribution is -0.135. The number of carbonyl (C=O) groups is 1. The van der Waals surface area contributed by atoms with Crippen molar-refractivity contribution < 1.29 is 13.2 Å². The highest BCUT2D eigenvalue weighted by molar-refractivity contribution is 7.92. The lowest BCUT2D eigenvalue weighted by atomic mass is 9.93. The summed E-state index contributed by atoms with van der Waals surface area (Å²) in [6, 6.07) is 0.140. The number of amides is 1. The van der Waals surface area contributed by atoms with Crippen LogP contribution >= 0.6 is 11.6 Å².